The minimum Gasteiger partial charge on any atom is -0.379 e. The van der Waals surface area contributed by atoms with Crippen LogP contribution in [-0.4, -0.2) is 36.2 Å². The fourth-order valence-corrected chi connectivity index (χ4v) is 3.25. The number of hydrogen-bond acceptors (Lipinski definition) is 2. The molecule has 1 spiro atoms. The predicted octanol–water partition coefficient (Wildman–Crippen LogP) is 1.65. The zero-order valence-corrected chi connectivity index (χ0v) is 8.62. The molecule has 0 N–H and O–H groups in total. The third-order valence-electron chi connectivity index (χ3n) is 4.17. The van der Waals surface area contributed by atoms with Crippen LogP contribution in [-0.2, 0) is 4.74 Å². The molecule has 1 saturated carbocycles. The lowest BCUT2D eigenvalue weighted by atomic mass is 9.81. The van der Waals surface area contributed by atoms with Crippen LogP contribution in [0.2, 0.25) is 0 Å². The summed E-state index contributed by atoms with van der Waals surface area (Å²) in [6.07, 6.45) is 4.22. The van der Waals surface area contributed by atoms with Gasteiger partial charge in [0.1, 0.15) is 0 Å². The third-order valence-corrected chi connectivity index (χ3v) is 4.17. The first-order chi connectivity index (χ1) is 6.23. The van der Waals surface area contributed by atoms with E-state index >= 15 is 0 Å². The summed E-state index contributed by atoms with van der Waals surface area (Å²) in [6.45, 7) is 6.66. The van der Waals surface area contributed by atoms with Crippen molar-refractivity contribution in [2.75, 3.05) is 13.2 Å². The molecular formula is C11H19NO. The lowest BCUT2D eigenvalue weighted by molar-refractivity contribution is -0.0375. The molecule has 2 bridgehead atoms. The van der Waals surface area contributed by atoms with Gasteiger partial charge in [-0.15, -0.1) is 0 Å². The number of ether oxygens (including phenoxy) is 1. The smallest absolute Gasteiger partial charge is 0.0622 e. The molecule has 3 aliphatic heterocycles. The monoisotopic (exact) mass is 181 g/mol. The van der Waals surface area contributed by atoms with Gasteiger partial charge in [-0.3, -0.25) is 4.90 Å². The van der Waals surface area contributed by atoms with Crippen molar-refractivity contribution < 1.29 is 4.74 Å². The molecule has 4 aliphatic rings. The topological polar surface area (TPSA) is 12.5 Å². The molecule has 4 fully saturated rings. The van der Waals surface area contributed by atoms with E-state index in [1.165, 1.54) is 19.3 Å². The van der Waals surface area contributed by atoms with E-state index in [9.17, 15) is 0 Å². The van der Waals surface area contributed by atoms with Crippen molar-refractivity contribution in [1.29, 1.82) is 0 Å². The summed E-state index contributed by atoms with van der Waals surface area (Å²) in [6, 6.07) is 2.31. The Labute approximate surface area is 80.2 Å². The highest BCUT2D eigenvalue weighted by molar-refractivity contribution is 5.12. The second-order valence-corrected chi connectivity index (χ2v) is 5.32. The van der Waals surface area contributed by atoms with Gasteiger partial charge in [0, 0.05) is 23.5 Å². The highest BCUT2D eigenvalue weighted by atomic mass is 16.5. The Morgan fingerprint density at radius 3 is 2.77 bits per heavy atom. The van der Waals surface area contributed by atoms with Crippen LogP contribution in [0.15, 0.2) is 0 Å². The molecule has 74 valence electrons. The fourth-order valence-electron chi connectivity index (χ4n) is 3.25. The lowest BCUT2D eigenvalue weighted by Gasteiger charge is -2.52. The molecule has 0 unspecified atom stereocenters. The van der Waals surface area contributed by atoms with Crippen LogP contribution >= 0.6 is 0 Å². The molecule has 0 aromatic heterocycles. The maximum absolute atomic E-state index is 5.76. The largest absolute Gasteiger partial charge is 0.379 e. The number of rotatable bonds is 1. The van der Waals surface area contributed by atoms with E-state index in [0.29, 0.717) is 11.5 Å². The number of fused-ring (bicyclic) bond motifs is 2. The van der Waals surface area contributed by atoms with Crippen molar-refractivity contribution >= 4 is 0 Å². The Morgan fingerprint density at radius 2 is 2.15 bits per heavy atom. The first-order valence-corrected chi connectivity index (χ1v) is 5.58. The number of nitrogens with zero attached hydrogens (tertiary/aromatic N) is 1. The molecule has 4 rings (SSSR count). The van der Waals surface area contributed by atoms with E-state index in [2.05, 4.69) is 18.7 Å². The van der Waals surface area contributed by atoms with Gasteiger partial charge in [-0.1, -0.05) is 0 Å². The first kappa shape index (κ1) is 8.25. The van der Waals surface area contributed by atoms with Crippen LogP contribution in [0.5, 0.6) is 0 Å². The molecule has 0 amide bonds. The van der Waals surface area contributed by atoms with Crippen molar-refractivity contribution in [1.82, 2.24) is 4.90 Å². The third kappa shape index (κ3) is 1.02. The van der Waals surface area contributed by atoms with Gasteiger partial charge in [-0.2, -0.15) is 0 Å². The SMILES string of the molecule is CC(C)N1[C@H]2COCC3(CC3)[C@@H]1C2. The van der Waals surface area contributed by atoms with Gasteiger partial charge >= 0.3 is 0 Å². The molecule has 2 nitrogen and oxygen atoms in total. The van der Waals surface area contributed by atoms with Gasteiger partial charge in [0.05, 0.1) is 13.2 Å². The van der Waals surface area contributed by atoms with Crippen LogP contribution in [0.25, 0.3) is 0 Å². The molecule has 0 radical (unpaired) electrons. The molecule has 3 heterocycles. The molecule has 0 aromatic rings. The van der Waals surface area contributed by atoms with Crippen molar-refractivity contribution in [3.8, 4) is 0 Å². The Morgan fingerprint density at radius 1 is 1.38 bits per heavy atom. The molecule has 1 aliphatic carbocycles. The average Bonchev–Trinajstić information content (AvgIpc) is 2.78. The zero-order chi connectivity index (χ0) is 9.05. The maximum atomic E-state index is 5.76. The number of hydrogen-bond donors (Lipinski definition) is 0. The van der Waals surface area contributed by atoms with Gasteiger partial charge in [0.25, 0.3) is 0 Å². The van der Waals surface area contributed by atoms with Crippen molar-refractivity contribution in [3.05, 3.63) is 0 Å². The fraction of sp³-hybridized carbons (Fsp3) is 1.00. The minimum absolute atomic E-state index is 0.595. The van der Waals surface area contributed by atoms with Crippen LogP contribution in [0.3, 0.4) is 0 Å². The van der Waals surface area contributed by atoms with E-state index in [1.807, 2.05) is 0 Å². The normalized spacial score (nSPS) is 41.8. The summed E-state index contributed by atoms with van der Waals surface area (Å²) >= 11 is 0. The van der Waals surface area contributed by atoms with E-state index in [4.69, 9.17) is 4.74 Å². The molecule has 3 saturated heterocycles. The van der Waals surface area contributed by atoms with Gasteiger partial charge in [-0.05, 0) is 33.1 Å². The summed E-state index contributed by atoms with van der Waals surface area (Å²) in [4.78, 5) is 2.69. The molecule has 2 heteroatoms. The Bertz CT molecular complexity index is 222. The van der Waals surface area contributed by atoms with Crippen LogP contribution in [0, 0.1) is 5.41 Å². The highest BCUT2D eigenvalue weighted by Gasteiger charge is 2.60. The first-order valence-electron chi connectivity index (χ1n) is 5.58. The molecule has 2 atom stereocenters. The predicted molar refractivity (Wildman–Crippen MR) is 51.7 cm³/mol. The summed E-state index contributed by atoms with van der Waals surface area (Å²) < 4.78 is 5.76. The zero-order valence-electron chi connectivity index (χ0n) is 8.62. The standard InChI is InChI=1S/C11H19NO/c1-8(2)12-9-5-10(12)11(3-4-11)7-13-6-9/h8-10H,3-7H2,1-2H3/t9-,10+/m1/s1. The van der Waals surface area contributed by atoms with Gasteiger partial charge in [0.2, 0.25) is 0 Å². The maximum Gasteiger partial charge on any atom is 0.0622 e. The second kappa shape index (κ2) is 2.48. The summed E-state index contributed by atoms with van der Waals surface area (Å²) in [5.41, 5.74) is 0.595. The van der Waals surface area contributed by atoms with E-state index < -0.39 is 0 Å². The van der Waals surface area contributed by atoms with Gasteiger partial charge in [-0.25, -0.2) is 0 Å². The lowest BCUT2D eigenvalue weighted by Crippen LogP contribution is -2.62. The Kier molecular flexibility index (Phi) is 1.58. The van der Waals surface area contributed by atoms with Crippen LogP contribution < -0.4 is 0 Å². The molecule has 0 aromatic carbocycles. The summed E-state index contributed by atoms with van der Waals surface area (Å²) in [7, 11) is 0. The Hall–Kier alpha value is -0.0800. The van der Waals surface area contributed by atoms with Gasteiger partial charge < -0.3 is 4.74 Å². The van der Waals surface area contributed by atoms with Crippen molar-refractivity contribution in [2.45, 2.75) is 51.2 Å². The minimum atomic E-state index is 0.595. The average molecular weight is 181 g/mol. The van der Waals surface area contributed by atoms with Crippen LogP contribution in [0.1, 0.15) is 33.1 Å². The quantitative estimate of drug-likeness (QED) is 0.610. The van der Waals surface area contributed by atoms with E-state index in [0.717, 1.165) is 25.3 Å². The van der Waals surface area contributed by atoms with E-state index in [1.54, 1.807) is 0 Å². The van der Waals surface area contributed by atoms with Crippen molar-refractivity contribution in [3.63, 3.8) is 0 Å². The van der Waals surface area contributed by atoms with Crippen LogP contribution in [0.4, 0.5) is 0 Å². The van der Waals surface area contributed by atoms with Crippen molar-refractivity contribution in [2.24, 2.45) is 5.41 Å². The molecule has 13 heavy (non-hydrogen) atoms. The molecular weight excluding hydrogens is 162 g/mol. The highest BCUT2D eigenvalue weighted by Crippen LogP contribution is 2.57. The van der Waals surface area contributed by atoms with Gasteiger partial charge in [0.15, 0.2) is 0 Å². The second-order valence-electron chi connectivity index (χ2n) is 5.32. The summed E-state index contributed by atoms with van der Waals surface area (Å²) in [5, 5.41) is 0. The Balaban J connectivity index is 1.83. The summed E-state index contributed by atoms with van der Waals surface area (Å²) in [5.74, 6) is 0. The van der Waals surface area contributed by atoms with E-state index in [-0.39, 0.29) is 0 Å².